The predicted octanol–water partition coefficient (Wildman–Crippen LogP) is 4.10. The van der Waals surface area contributed by atoms with Gasteiger partial charge in [0, 0.05) is 18.3 Å². The van der Waals surface area contributed by atoms with Crippen LogP contribution in [0.15, 0.2) is 30.3 Å². The molecule has 1 aliphatic rings. The smallest absolute Gasteiger partial charge is 0.319 e. The van der Waals surface area contributed by atoms with Crippen LogP contribution in [0.5, 0.6) is 0 Å². The fourth-order valence-electron chi connectivity index (χ4n) is 4.51. The van der Waals surface area contributed by atoms with Crippen LogP contribution in [0.25, 0.3) is 0 Å². The van der Waals surface area contributed by atoms with Crippen LogP contribution in [0, 0.1) is 25.2 Å². The number of carbonyl (C=O) groups excluding carboxylic acids is 2. The molecule has 0 aliphatic heterocycles. The minimum Gasteiger partial charge on any atom is -0.468 e. The number of amides is 1. The minimum atomic E-state index is -0.399. The maximum atomic E-state index is 13.1. The maximum Gasteiger partial charge on any atom is 0.319 e. The number of ether oxygens (including phenoxy) is 1. The van der Waals surface area contributed by atoms with E-state index in [0.717, 1.165) is 42.5 Å². The average molecular weight is 437 g/mol. The van der Waals surface area contributed by atoms with Crippen LogP contribution in [0.3, 0.4) is 0 Å². The van der Waals surface area contributed by atoms with Gasteiger partial charge < -0.3 is 14.6 Å². The van der Waals surface area contributed by atoms with E-state index < -0.39 is 5.97 Å². The number of nitrogens with one attached hydrogen (secondary N) is 1. The molecule has 1 aromatic carbocycles. The third-order valence-corrected chi connectivity index (χ3v) is 6.26. The Kier molecular flexibility index (Phi) is 8.07. The van der Waals surface area contributed by atoms with E-state index in [1.54, 1.807) is 4.90 Å². The van der Waals surface area contributed by atoms with Crippen LogP contribution in [0.1, 0.15) is 60.5 Å². The number of nitrogens with zero attached hydrogens (tertiary/aromatic N) is 3. The van der Waals surface area contributed by atoms with Crippen molar-refractivity contribution in [2.45, 2.75) is 58.5 Å². The molecule has 1 aliphatic carbocycles. The average Bonchev–Trinajstić information content (AvgIpc) is 3.03. The van der Waals surface area contributed by atoms with Gasteiger partial charge in [-0.15, -0.1) is 0 Å². The number of methoxy groups -OCH3 is 1. The molecule has 0 spiro atoms. The van der Waals surface area contributed by atoms with Gasteiger partial charge in [-0.1, -0.05) is 49.6 Å². The summed E-state index contributed by atoms with van der Waals surface area (Å²) in [6.07, 6.45) is 5.63. The highest BCUT2D eigenvalue weighted by Gasteiger charge is 2.26. The van der Waals surface area contributed by atoms with Crippen LogP contribution >= 0.6 is 0 Å². The Bertz CT molecular complexity index is 985. The Morgan fingerprint density at radius 2 is 1.84 bits per heavy atom. The lowest BCUT2D eigenvalue weighted by atomic mass is 9.95. The van der Waals surface area contributed by atoms with Crippen molar-refractivity contribution in [3.8, 4) is 6.07 Å². The summed E-state index contributed by atoms with van der Waals surface area (Å²) in [4.78, 5) is 26.7. The summed E-state index contributed by atoms with van der Waals surface area (Å²) in [6, 6.07) is 12.3. The second-order valence-electron chi connectivity index (χ2n) is 8.46. The molecule has 0 atom stereocenters. The zero-order valence-electron chi connectivity index (χ0n) is 19.2. The topological polar surface area (TPSA) is 87.4 Å². The lowest BCUT2D eigenvalue weighted by Gasteiger charge is -2.27. The zero-order chi connectivity index (χ0) is 23.1. The molecule has 2 aromatic rings. The van der Waals surface area contributed by atoms with E-state index in [-0.39, 0.29) is 25.0 Å². The van der Waals surface area contributed by atoms with Crippen LogP contribution < -0.4 is 5.32 Å². The number of nitriles is 1. The van der Waals surface area contributed by atoms with Crippen molar-refractivity contribution in [1.82, 2.24) is 9.47 Å². The van der Waals surface area contributed by atoms with Crippen molar-refractivity contribution in [3.05, 3.63) is 52.7 Å². The monoisotopic (exact) mass is 436 g/mol. The summed E-state index contributed by atoms with van der Waals surface area (Å²) in [5.74, 6) is -0.0725. The van der Waals surface area contributed by atoms with Gasteiger partial charge >= 0.3 is 5.97 Å². The largest absolute Gasteiger partial charge is 0.468 e. The quantitative estimate of drug-likeness (QED) is 0.630. The fraction of sp³-hybridized carbons (Fsp3) is 0.480. The summed E-state index contributed by atoms with van der Waals surface area (Å²) >= 11 is 0. The molecule has 3 rings (SSSR count). The Morgan fingerprint density at radius 1 is 1.16 bits per heavy atom. The van der Waals surface area contributed by atoms with Crippen molar-refractivity contribution < 1.29 is 14.3 Å². The maximum absolute atomic E-state index is 13.1. The number of hydrogen-bond acceptors (Lipinski definition) is 5. The van der Waals surface area contributed by atoms with E-state index in [1.807, 2.05) is 44.2 Å². The highest BCUT2D eigenvalue weighted by molar-refractivity contribution is 5.93. The Labute approximate surface area is 190 Å². The van der Waals surface area contributed by atoms with Crippen molar-refractivity contribution in [2.75, 3.05) is 25.5 Å². The van der Waals surface area contributed by atoms with Gasteiger partial charge in [0.25, 0.3) is 0 Å². The first-order chi connectivity index (χ1) is 15.4. The summed E-state index contributed by atoms with van der Waals surface area (Å²) in [5, 5.41) is 12.8. The first kappa shape index (κ1) is 23.6. The molecule has 1 saturated carbocycles. The number of rotatable bonds is 8. The highest BCUT2D eigenvalue weighted by atomic mass is 16.5. The summed E-state index contributed by atoms with van der Waals surface area (Å²) in [6.45, 7) is 4.41. The third kappa shape index (κ3) is 5.57. The zero-order valence-corrected chi connectivity index (χ0v) is 19.2. The molecule has 170 valence electrons. The number of carbonyl (C=O) groups is 2. The van der Waals surface area contributed by atoms with Gasteiger partial charge in [-0.25, -0.2) is 0 Å². The molecular weight excluding hydrogens is 404 g/mol. The molecule has 0 bridgehead atoms. The molecule has 0 saturated heterocycles. The van der Waals surface area contributed by atoms with E-state index in [4.69, 9.17) is 4.74 Å². The third-order valence-electron chi connectivity index (χ3n) is 6.26. The molecular formula is C25H32N4O3. The number of esters is 1. The molecule has 1 fully saturated rings. The van der Waals surface area contributed by atoms with Gasteiger partial charge in [-0.05, 0) is 37.8 Å². The van der Waals surface area contributed by atoms with Crippen molar-refractivity contribution >= 4 is 17.7 Å². The van der Waals surface area contributed by atoms with Crippen LogP contribution in [0.4, 0.5) is 5.82 Å². The molecule has 7 nitrogen and oxygen atoms in total. The second kappa shape index (κ2) is 11.0. The standard InChI is InChI=1S/C25H32N4O3/c1-18-19(2)29(21-12-8-5-9-13-21)25(22(18)14-26)27-23(30)16-28(17-24(31)32-3)15-20-10-6-4-7-11-20/h4,6-7,10-11,21H,5,8-9,12-13,15-17H2,1-3H3,(H,27,30). The van der Waals surface area contributed by atoms with Crippen LogP contribution in [0.2, 0.25) is 0 Å². The molecule has 0 radical (unpaired) electrons. The van der Waals surface area contributed by atoms with Gasteiger partial charge in [0.1, 0.15) is 11.9 Å². The Balaban J connectivity index is 1.81. The summed E-state index contributed by atoms with van der Waals surface area (Å²) in [7, 11) is 1.34. The molecule has 1 heterocycles. The van der Waals surface area contributed by atoms with Gasteiger partial charge in [0.2, 0.25) is 5.91 Å². The SMILES string of the molecule is COC(=O)CN(CC(=O)Nc1c(C#N)c(C)c(C)n1C1CCCCC1)Cc1ccccc1. The normalized spacial score (nSPS) is 14.2. The molecule has 32 heavy (non-hydrogen) atoms. The van der Waals surface area contributed by atoms with E-state index >= 15 is 0 Å². The highest BCUT2D eigenvalue weighted by Crippen LogP contribution is 2.36. The molecule has 0 unspecified atom stereocenters. The fourth-order valence-corrected chi connectivity index (χ4v) is 4.51. The van der Waals surface area contributed by atoms with Crippen molar-refractivity contribution in [3.63, 3.8) is 0 Å². The number of aromatic nitrogens is 1. The van der Waals surface area contributed by atoms with Gasteiger partial charge in [0.15, 0.2) is 0 Å². The van der Waals surface area contributed by atoms with Crippen molar-refractivity contribution in [2.24, 2.45) is 0 Å². The molecule has 1 aromatic heterocycles. The van der Waals surface area contributed by atoms with Gasteiger partial charge in [-0.3, -0.25) is 14.5 Å². The second-order valence-corrected chi connectivity index (χ2v) is 8.46. The molecule has 1 N–H and O–H groups in total. The van der Waals surface area contributed by atoms with Crippen molar-refractivity contribution in [1.29, 1.82) is 5.26 Å². The molecule has 7 heteroatoms. The lowest BCUT2D eigenvalue weighted by molar-refractivity contribution is -0.142. The van der Waals surface area contributed by atoms with Gasteiger partial charge in [-0.2, -0.15) is 5.26 Å². The predicted molar refractivity (Wildman–Crippen MR) is 123 cm³/mol. The number of hydrogen-bond donors (Lipinski definition) is 1. The van der Waals surface area contributed by atoms with E-state index in [2.05, 4.69) is 16.0 Å². The first-order valence-corrected chi connectivity index (χ1v) is 11.2. The van der Waals surface area contributed by atoms with E-state index in [1.165, 1.54) is 13.5 Å². The van der Waals surface area contributed by atoms with E-state index in [0.29, 0.717) is 17.9 Å². The molecule has 1 amide bonds. The van der Waals surface area contributed by atoms with Crippen LogP contribution in [-0.2, 0) is 20.9 Å². The summed E-state index contributed by atoms with van der Waals surface area (Å²) < 4.78 is 6.96. The summed E-state index contributed by atoms with van der Waals surface area (Å²) in [5.41, 5.74) is 3.45. The first-order valence-electron chi connectivity index (χ1n) is 11.2. The minimum absolute atomic E-state index is 0.00557. The number of anilines is 1. The Hall–Kier alpha value is -3.11. The van der Waals surface area contributed by atoms with Crippen LogP contribution in [-0.4, -0.2) is 41.5 Å². The lowest BCUT2D eigenvalue weighted by Crippen LogP contribution is -2.37. The van der Waals surface area contributed by atoms with E-state index in [9.17, 15) is 14.9 Å². The Morgan fingerprint density at radius 3 is 2.47 bits per heavy atom. The van der Waals surface area contributed by atoms with Gasteiger partial charge in [0.05, 0.1) is 25.8 Å². The number of benzene rings is 1.